The number of amides is 1. The van der Waals surface area contributed by atoms with Crippen LogP contribution in [0.15, 0.2) is 47.8 Å². The van der Waals surface area contributed by atoms with Gasteiger partial charge in [-0.25, -0.2) is 4.98 Å². The first-order valence-electron chi connectivity index (χ1n) is 8.24. The molecule has 0 aliphatic heterocycles. The zero-order valence-electron chi connectivity index (χ0n) is 14.8. The molecule has 0 aliphatic carbocycles. The molecule has 0 radical (unpaired) electrons. The zero-order chi connectivity index (χ0) is 20.5. The number of halogens is 1. The number of nitro benzene ring substituents is 1. The van der Waals surface area contributed by atoms with E-state index in [4.69, 9.17) is 16.3 Å². The number of nitrogens with one attached hydrogen (secondary N) is 1. The maximum absolute atomic E-state index is 12.7. The number of nitro groups is 1. The molecule has 2 aromatic carbocycles. The van der Waals surface area contributed by atoms with Crippen LogP contribution in [0.5, 0.6) is 5.75 Å². The van der Waals surface area contributed by atoms with Crippen molar-refractivity contribution >= 4 is 61.1 Å². The van der Waals surface area contributed by atoms with Gasteiger partial charge >= 0.3 is 0 Å². The molecular formula is C19H12ClN3O4S2. The van der Waals surface area contributed by atoms with Crippen molar-refractivity contribution in [1.82, 2.24) is 4.98 Å². The average molecular weight is 446 g/mol. The van der Waals surface area contributed by atoms with Gasteiger partial charge in [0.1, 0.15) is 10.6 Å². The Kier molecular flexibility index (Phi) is 5.18. The molecule has 0 saturated heterocycles. The second-order valence-corrected chi connectivity index (χ2v) is 8.19. The number of non-ortho nitro benzene ring substituents is 1. The average Bonchev–Trinajstić information content (AvgIpc) is 3.32. The van der Waals surface area contributed by atoms with E-state index in [0.29, 0.717) is 32.0 Å². The summed E-state index contributed by atoms with van der Waals surface area (Å²) in [6.07, 6.45) is 0. The highest BCUT2D eigenvalue weighted by atomic mass is 35.5. The van der Waals surface area contributed by atoms with Gasteiger partial charge < -0.3 is 4.74 Å². The summed E-state index contributed by atoms with van der Waals surface area (Å²) in [6.45, 7) is 0. The van der Waals surface area contributed by atoms with Crippen molar-refractivity contribution in [2.45, 2.75) is 0 Å². The molecule has 7 nitrogen and oxygen atoms in total. The summed E-state index contributed by atoms with van der Waals surface area (Å²) in [6, 6.07) is 11.6. The molecule has 1 N–H and O–H groups in total. The number of fused-ring (bicyclic) bond motifs is 1. The lowest BCUT2D eigenvalue weighted by Crippen LogP contribution is -2.10. The van der Waals surface area contributed by atoms with Gasteiger partial charge in [-0.05, 0) is 18.2 Å². The largest absolute Gasteiger partial charge is 0.497 e. The number of anilines is 1. The lowest BCUT2D eigenvalue weighted by atomic mass is 10.1. The van der Waals surface area contributed by atoms with Crippen LogP contribution in [-0.2, 0) is 0 Å². The highest BCUT2D eigenvalue weighted by Gasteiger charge is 2.19. The van der Waals surface area contributed by atoms with Gasteiger partial charge in [0.2, 0.25) is 0 Å². The van der Waals surface area contributed by atoms with Crippen molar-refractivity contribution in [2.24, 2.45) is 0 Å². The molecule has 0 unspecified atom stereocenters. The van der Waals surface area contributed by atoms with Gasteiger partial charge in [0.25, 0.3) is 11.6 Å². The molecule has 2 aromatic heterocycles. The van der Waals surface area contributed by atoms with Crippen molar-refractivity contribution in [2.75, 3.05) is 12.4 Å². The van der Waals surface area contributed by atoms with E-state index in [1.54, 1.807) is 30.7 Å². The topological polar surface area (TPSA) is 94.4 Å². The molecule has 1 amide bonds. The Balaban J connectivity index is 1.58. The SMILES string of the molecule is COc1ccc2c(Cl)c(C(=O)Nc3nc(-c4cccc([N+](=O)[O-])c4)cs3)sc2c1. The Morgan fingerprint density at radius 3 is 2.86 bits per heavy atom. The molecule has 10 heteroatoms. The van der Waals surface area contributed by atoms with Crippen LogP contribution in [0.4, 0.5) is 10.8 Å². The summed E-state index contributed by atoms with van der Waals surface area (Å²) in [5.74, 6) is 0.319. The van der Waals surface area contributed by atoms with Crippen LogP contribution in [0.2, 0.25) is 5.02 Å². The van der Waals surface area contributed by atoms with Crippen molar-refractivity contribution in [3.05, 3.63) is 67.9 Å². The standard InChI is InChI=1S/C19H12ClN3O4S2/c1-27-12-5-6-13-15(8-12)29-17(16(13)20)18(24)22-19-21-14(9-28-19)10-3-2-4-11(7-10)23(25)26/h2-9H,1H3,(H,21,22,24). The van der Waals surface area contributed by atoms with Crippen LogP contribution in [0, 0.1) is 10.1 Å². The van der Waals surface area contributed by atoms with Gasteiger partial charge in [-0.2, -0.15) is 0 Å². The number of benzene rings is 2. The second kappa shape index (κ2) is 7.78. The van der Waals surface area contributed by atoms with Crippen LogP contribution in [0.3, 0.4) is 0 Å². The van der Waals surface area contributed by atoms with E-state index in [0.717, 1.165) is 10.1 Å². The predicted octanol–water partition coefficient (Wildman–Crippen LogP) is 5.85. The number of ether oxygens (including phenoxy) is 1. The van der Waals surface area contributed by atoms with Crippen LogP contribution in [-0.4, -0.2) is 22.9 Å². The number of methoxy groups -OCH3 is 1. The van der Waals surface area contributed by atoms with Gasteiger partial charge in [0.05, 0.1) is 22.7 Å². The fraction of sp³-hybridized carbons (Fsp3) is 0.0526. The number of thiophene rings is 1. The second-order valence-electron chi connectivity index (χ2n) is 5.91. The van der Waals surface area contributed by atoms with E-state index >= 15 is 0 Å². The van der Waals surface area contributed by atoms with Gasteiger partial charge in [-0.3, -0.25) is 20.2 Å². The third-order valence-corrected chi connectivity index (χ3v) is 6.53. The third-order valence-electron chi connectivity index (χ3n) is 4.12. The monoisotopic (exact) mass is 445 g/mol. The number of carbonyl (C=O) groups is 1. The number of hydrogen-bond acceptors (Lipinski definition) is 7. The molecule has 0 bridgehead atoms. The Morgan fingerprint density at radius 2 is 2.10 bits per heavy atom. The molecule has 4 rings (SSSR count). The number of aromatic nitrogens is 1. The molecule has 0 saturated carbocycles. The first-order valence-corrected chi connectivity index (χ1v) is 10.3. The maximum atomic E-state index is 12.7. The Bertz CT molecular complexity index is 1250. The Morgan fingerprint density at radius 1 is 1.28 bits per heavy atom. The van der Waals surface area contributed by atoms with Crippen LogP contribution < -0.4 is 10.1 Å². The molecule has 146 valence electrons. The first-order chi connectivity index (χ1) is 14.0. The lowest BCUT2D eigenvalue weighted by Gasteiger charge is -2.00. The predicted molar refractivity (Wildman–Crippen MR) is 116 cm³/mol. The van der Waals surface area contributed by atoms with Crippen molar-refractivity contribution in [1.29, 1.82) is 0 Å². The molecule has 0 fully saturated rings. The Hall–Kier alpha value is -3.01. The quantitative estimate of drug-likeness (QED) is 0.307. The van der Waals surface area contributed by atoms with E-state index in [1.807, 2.05) is 12.1 Å². The number of thiazole rings is 1. The third kappa shape index (κ3) is 3.80. The molecule has 29 heavy (non-hydrogen) atoms. The van der Waals surface area contributed by atoms with Crippen molar-refractivity contribution in [3.8, 4) is 17.0 Å². The zero-order valence-corrected chi connectivity index (χ0v) is 17.2. The van der Waals surface area contributed by atoms with E-state index in [1.165, 1.54) is 34.8 Å². The normalized spacial score (nSPS) is 10.8. The van der Waals surface area contributed by atoms with Gasteiger partial charge in [-0.1, -0.05) is 23.7 Å². The molecular weight excluding hydrogens is 434 g/mol. The van der Waals surface area contributed by atoms with E-state index < -0.39 is 4.92 Å². The summed E-state index contributed by atoms with van der Waals surface area (Å²) >= 11 is 8.89. The molecule has 0 spiro atoms. The number of hydrogen-bond donors (Lipinski definition) is 1. The molecule has 4 aromatic rings. The van der Waals surface area contributed by atoms with Gasteiger partial charge in [0, 0.05) is 33.2 Å². The van der Waals surface area contributed by atoms with E-state index in [9.17, 15) is 14.9 Å². The van der Waals surface area contributed by atoms with Gasteiger partial charge in [-0.15, -0.1) is 22.7 Å². The fourth-order valence-electron chi connectivity index (χ4n) is 2.71. The number of rotatable bonds is 5. The number of carbonyl (C=O) groups excluding carboxylic acids is 1. The van der Waals surface area contributed by atoms with Crippen LogP contribution in [0.25, 0.3) is 21.3 Å². The van der Waals surface area contributed by atoms with Crippen LogP contribution in [0.1, 0.15) is 9.67 Å². The minimum absolute atomic E-state index is 0.0198. The maximum Gasteiger partial charge on any atom is 0.270 e. The minimum atomic E-state index is -0.461. The smallest absolute Gasteiger partial charge is 0.270 e. The van der Waals surface area contributed by atoms with E-state index in [2.05, 4.69) is 10.3 Å². The minimum Gasteiger partial charge on any atom is -0.497 e. The van der Waals surface area contributed by atoms with E-state index in [-0.39, 0.29) is 11.6 Å². The summed E-state index contributed by atoms with van der Waals surface area (Å²) < 4.78 is 6.05. The Labute approximate surface area is 177 Å². The highest BCUT2D eigenvalue weighted by Crippen LogP contribution is 2.38. The summed E-state index contributed by atoms with van der Waals surface area (Å²) in [7, 11) is 1.57. The summed E-state index contributed by atoms with van der Waals surface area (Å²) in [5.41, 5.74) is 1.12. The molecule has 2 heterocycles. The summed E-state index contributed by atoms with van der Waals surface area (Å²) in [5, 5.41) is 17.0. The van der Waals surface area contributed by atoms with Crippen molar-refractivity contribution < 1.29 is 14.5 Å². The fourth-order valence-corrected chi connectivity index (χ4v) is 4.87. The first kappa shape index (κ1) is 19.3. The molecule has 0 aliphatic rings. The van der Waals surface area contributed by atoms with Crippen LogP contribution >= 0.6 is 34.3 Å². The lowest BCUT2D eigenvalue weighted by molar-refractivity contribution is -0.384. The number of nitrogens with zero attached hydrogens (tertiary/aromatic N) is 2. The summed E-state index contributed by atoms with van der Waals surface area (Å²) in [4.78, 5) is 27.9. The van der Waals surface area contributed by atoms with Gasteiger partial charge in [0.15, 0.2) is 5.13 Å². The van der Waals surface area contributed by atoms with Crippen molar-refractivity contribution in [3.63, 3.8) is 0 Å². The molecule has 0 atom stereocenters. The highest BCUT2D eigenvalue weighted by molar-refractivity contribution is 7.22.